The summed E-state index contributed by atoms with van der Waals surface area (Å²) in [7, 11) is 0. The van der Waals surface area contributed by atoms with Crippen LogP contribution in [-0.4, -0.2) is 5.91 Å². The van der Waals surface area contributed by atoms with E-state index in [1.807, 2.05) is 0 Å². The molecule has 2 nitrogen and oxygen atoms in total. The Bertz CT molecular complexity index is 599. The van der Waals surface area contributed by atoms with E-state index >= 15 is 0 Å². The summed E-state index contributed by atoms with van der Waals surface area (Å²) in [5.74, 6) is 1.55. The fourth-order valence-corrected chi connectivity index (χ4v) is 4.13. The van der Waals surface area contributed by atoms with Crippen molar-refractivity contribution in [2.75, 3.05) is 5.32 Å². The Morgan fingerprint density at radius 2 is 1.33 bits per heavy atom. The Hall–Kier alpha value is -1.83. The molecular weight excluding hydrogens is 294 g/mol. The fraction of sp³-hybridized carbons (Fsp3) is 0.500. The van der Waals surface area contributed by atoms with Crippen molar-refractivity contribution in [3.63, 3.8) is 0 Å². The number of allylic oxidation sites excluding steroid dienone is 4. The number of carbonyl (C=O) groups excluding carboxylic acids is 1. The second kappa shape index (κ2) is 7.83. The van der Waals surface area contributed by atoms with Crippen molar-refractivity contribution in [2.24, 2.45) is 17.8 Å². The Kier molecular flexibility index (Phi) is 5.55. The Labute approximate surface area is 146 Å². The summed E-state index contributed by atoms with van der Waals surface area (Å²) in [6.07, 6.45) is 16.0. The van der Waals surface area contributed by atoms with Gasteiger partial charge in [-0.2, -0.15) is 0 Å². The lowest BCUT2D eigenvalue weighted by Crippen LogP contribution is -2.16. The van der Waals surface area contributed by atoms with Crippen LogP contribution in [0.2, 0.25) is 0 Å². The molecule has 1 amide bonds. The van der Waals surface area contributed by atoms with Crippen molar-refractivity contribution in [2.45, 2.75) is 52.4 Å². The Morgan fingerprint density at radius 1 is 0.833 bits per heavy atom. The summed E-state index contributed by atoms with van der Waals surface area (Å²) >= 11 is 0. The van der Waals surface area contributed by atoms with Crippen LogP contribution in [0.25, 0.3) is 0 Å². The highest BCUT2D eigenvalue weighted by Crippen LogP contribution is 2.52. The van der Waals surface area contributed by atoms with E-state index in [4.69, 9.17) is 0 Å². The Morgan fingerprint density at radius 3 is 1.88 bits per heavy atom. The van der Waals surface area contributed by atoms with Crippen molar-refractivity contribution >= 4 is 11.6 Å². The predicted octanol–water partition coefficient (Wildman–Crippen LogP) is 5.57. The molecule has 1 unspecified atom stereocenters. The molecule has 1 N–H and O–H groups in total. The molecule has 1 saturated carbocycles. The van der Waals surface area contributed by atoms with E-state index in [9.17, 15) is 4.79 Å². The highest BCUT2D eigenvalue weighted by molar-refractivity contribution is 5.95. The number of benzene rings is 1. The average molecular weight is 323 g/mol. The normalized spacial score (nSPS) is 29.5. The van der Waals surface area contributed by atoms with Crippen molar-refractivity contribution in [1.29, 1.82) is 0 Å². The lowest BCUT2D eigenvalue weighted by atomic mass is 10.1. The molecule has 0 aromatic heterocycles. The zero-order valence-corrected chi connectivity index (χ0v) is 14.9. The maximum Gasteiger partial charge on any atom is 0.228 e. The minimum atomic E-state index is 0.202. The first kappa shape index (κ1) is 17.0. The quantitative estimate of drug-likeness (QED) is 0.708. The van der Waals surface area contributed by atoms with Crippen molar-refractivity contribution in [3.8, 4) is 0 Å². The molecule has 2 heteroatoms. The zero-order valence-electron chi connectivity index (χ0n) is 14.9. The van der Waals surface area contributed by atoms with Crippen LogP contribution in [0, 0.1) is 31.6 Å². The summed E-state index contributed by atoms with van der Waals surface area (Å²) in [5, 5.41) is 3.16. The van der Waals surface area contributed by atoms with E-state index in [2.05, 4.69) is 61.7 Å². The second-order valence-corrected chi connectivity index (χ2v) is 7.39. The number of amides is 1. The molecule has 2 aliphatic carbocycles. The zero-order chi connectivity index (χ0) is 16.9. The van der Waals surface area contributed by atoms with Crippen LogP contribution >= 0.6 is 0 Å². The number of aryl methyl sites for hydroxylation is 2. The third kappa shape index (κ3) is 4.37. The number of rotatable bonds is 2. The third-order valence-corrected chi connectivity index (χ3v) is 5.29. The second-order valence-electron chi connectivity index (χ2n) is 7.39. The molecule has 128 valence electrons. The minimum Gasteiger partial charge on any atom is -0.326 e. The molecule has 3 rings (SSSR count). The van der Waals surface area contributed by atoms with Crippen LogP contribution in [0.15, 0.2) is 42.5 Å². The number of fused-ring (bicyclic) bond motifs is 1. The lowest BCUT2D eigenvalue weighted by molar-refractivity contribution is -0.117. The summed E-state index contributed by atoms with van der Waals surface area (Å²) in [6, 6.07) is 6.26. The van der Waals surface area contributed by atoms with Gasteiger partial charge in [0, 0.05) is 11.6 Å². The van der Waals surface area contributed by atoms with E-state index in [0.717, 1.165) is 44.2 Å². The fourth-order valence-electron chi connectivity index (χ4n) is 4.13. The van der Waals surface area contributed by atoms with E-state index in [1.54, 1.807) is 0 Å². The average Bonchev–Trinajstić information content (AvgIpc) is 3.18. The molecule has 1 aromatic rings. The highest BCUT2D eigenvalue weighted by Gasteiger charge is 2.52. The van der Waals surface area contributed by atoms with Crippen LogP contribution < -0.4 is 5.32 Å². The van der Waals surface area contributed by atoms with Gasteiger partial charge in [-0.1, -0.05) is 30.4 Å². The molecule has 2 aliphatic rings. The molecule has 3 atom stereocenters. The summed E-state index contributed by atoms with van der Waals surface area (Å²) in [6.45, 7) is 4.15. The standard InChI is InChI=1S/C22H29NO/c1-16-13-17(2)15-18(14-16)23-22(24)21-19-11-9-7-5-3-4-6-8-10-12-20(19)21/h5-8,13-15,19-21H,3-4,9-12H2,1-2H3,(H,23,24)/b7-5-,8-6+/t19-,20-,21?/m1/s1. The summed E-state index contributed by atoms with van der Waals surface area (Å²) < 4.78 is 0. The van der Waals surface area contributed by atoms with Gasteiger partial charge in [0.2, 0.25) is 5.91 Å². The van der Waals surface area contributed by atoms with Gasteiger partial charge in [0.15, 0.2) is 0 Å². The van der Waals surface area contributed by atoms with E-state index in [1.165, 1.54) is 11.1 Å². The molecule has 24 heavy (non-hydrogen) atoms. The number of hydrogen-bond donors (Lipinski definition) is 1. The van der Waals surface area contributed by atoms with Gasteiger partial charge in [0.1, 0.15) is 0 Å². The lowest BCUT2D eigenvalue weighted by Gasteiger charge is -2.07. The molecule has 0 aliphatic heterocycles. The van der Waals surface area contributed by atoms with Crippen LogP contribution in [-0.2, 0) is 4.79 Å². The first-order valence-electron chi connectivity index (χ1n) is 9.34. The van der Waals surface area contributed by atoms with Crippen molar-refractivity contribution < 1.29 is 4.79 Å². The van der Waals surface area contributed by atoms with Crippen LogP contribution in [0.5, 0.6) is 0 Å². The van der Waals surface area contributed by atoms with Gasteiger partial charge in [0.05, 0.1) is 0 Å². The van der Waals surface area contributed by atoms with Crippen LogP contribution in [0.3, 0.4) is 0 Å². The maximum atomic E-state index is 12.7. The molecule has 1 fully saturated rings. The molecule has 0 saturated heterocycles. The SMILES string of the molecule is Cc1cc(C)cc(NC(=O)C2[C@@H]3CC/C=C\CC/C=C/CC[C@@H]23)c1. The molecule has 0 spiro atoms. The van der Waals surface area contributed by atoms with Gasteiger partial charge >= 0.3 is 0 Å². The van der Waals surface area contributed by atoms with Crippen molar-refractivity contribution in [3.05, 3.63) is 53.6 Å². The molecule has 1 aromatic carbocycles. The highest BCUT2D eigenvalue weighted by atomic mass is 16.2. The van der Waals surface area contributed by atoms with Gasteiger partial charge in [-0.3, -0.25) is 4.79 Å². The van der Waals surface area contributed by atoms with Gasteiger partial charge < -0.3 is 5.32 Å². The molecular formula is C22H29NO. The minimum absolute atomic E-state index is 0.202. The third-order valence-electron chi connectivity index (χ3n) is 5.29. The number of anilines is 1. The van der Waals surface area contributed by atoms with E-state index in [-0.39, 0.29) is 11.8 Å². The van der Waals surface area contributed by atoms with E-state index in [0.29, 0.717) is 11.8 Å². The largest absolute Gasteiger partial charge is 0.326 e. The smallest absolute Gasteiger partial charge is 0.228 e. The van der Waals surface area contributed by atoms with E-state index < -0.39 is 0 Å². The monoisotopic (exact) mass is 323 g/mol. The first-order chi connectivity index (χ1) is 11.6. The number of hydrogen-bond acceptors (Lipinski definition) is 1. The predicted molar refractivity (Wildman–Crippen MR) is 101 cm³/mol. The van der Waals surface area contributed by atoms with Gasteiger partial charge in [-0.25, -0.2) is 0 Å². The van der Waals surface area contributed by atoms with Gasteiger partial charge in [0.25, 0.3) is 0 Å². The number of nitrogens with one attached hydrogen (secondary N) is 1. The number of carbonyl (C=O) groups is 1. The van der Waals surface area contributed by atoms with Gasteiger partial charge in [-0.15, -0.1) is 0 Å². The van der Waals surface area contributed by atoms with Crippen molar-refractivity contribution in [1.82, 2.24) is 0 Å². The van der Waals surface area contributed by atoms with Crippen LogP contribution in [0.1, 0.15) is 49.7 Å². The summed E-state index contributed by atoms with van der Waals surface area (Å²) in [4.78, 5) is 12.7. The molecule has 0 bridgehead atoms. The first-order valence-corrected chi connectivity index (χ1v) is 9.34. The van der Waals surface area contributed by atoms with Crippen LogP contribution in [0.4, 0.5) is 5.69 Å². The summed E-state index contributed by atoms with van der Waals surface area (Å²) in [5.41, 5.74) is 3.34. The molecule has 0 radical (unpaired) electrons. The Balaban J connectivity index is 1.64. The van der Waals surface area contributed by atoms with Gasteiger partial charge in [-0.05, 0) is 87.5 Å². The molecule has 0 heterocycles. The topological polar surface area (TPSA) is 29.1 Å². The maximum absolute atomic E-state index is 12.7.